The number of halogens is 2. The minimum absolute atomic E-state index is 0.0201. The van der Waals surface area contributed by atoms with Crippen LogP contribution in [0.2, 0.25) is 0 Å². The Morgan fingerprint density at radius 2 is 1.86 bits per heavy atom. The molecular weight excluding hydrogens is 396 g/mol. The predicted molar refractivity (Wildman–Crippen MR) is 98.2 cm³/mol. The Morgan fingerprint density at radius 1 is 1.14 bits per heavy atom. The molecule has 0 aliphatic rings. The number of nitrogens with zero attached hydrogens (tertiary/aromatic N) is 1. The fourth-order valence-corrected chi connectivity index (χ4v) is 3.44. The number of alkyl halides is 2. The fraction of sp³-hybridized carbons (Fsp3) is 0.118. The van der Waals surface area contributed by atoms with Gasteiger partial charge in [-0.05, 0) is 23.8 Å². The summed E-state index contributed by atoms with van der Waals surface area (Å²) in [6.07, 6.45) is 0. The second-order valence-corrected chi connectivity index (χ2v) is 7.72. The van der Waals surface area contributed by atoms with E-state index >= 15 is 0 Å². The van der Waals surface area contributed by atoms with Crippen LogP contribution in [0.4, 0.5) is 20.2 Å². The first-order valence-corrected chi connectivity index (χ1v) is 9.40. The third-order valence-corrected chi connectivity index (χ3v) is 5.41. The van der Waals surface area contributed by atoms with Gasteiger partial charge >= 0.3 is 5.76 Å². The Hall–Kier alpha value is -3.34. The summed E-state index contributed by atoms with van der Waals surface area (Å²) >= 11 is 0. The Morgan fingerprint density at radius 3 is 2.54 bits per heavy atom. The highest BCUT2D eigenvalue weighted by molar-refractivity contribution is 7.91. The van der Waals surface area contributed by atoms with Crippen molar-refractivity contribution >= 4 is 32.1 Å². The molecule has 0 amide bonds. The summed E-state index contributed by atoms with van der Waals surface area (Å²) in [7, 11) is -4.96. The van der Waals surface area contributed by atoms with Crippen molar-refractivity contribution in [3.05, 3.63) is 74.6 Å². The van der Waals surface area contributed by atoms with E-state index in [0.29, 0.717) is 22.5 Å². The van der Waals surface area contributed by atoms with Gasteiger partial charge in [0.05, 0.1) is 9.82 Å². The maximum Gasteiger partial charge on any atom is 0.341 e. The van der Waals surface area contributed by atoms with E-state index in [1.54, 1.807) is 24.3 Å². The molecule has 0 unspecified atom stereocenters. The number of nitro benzene ring substituents is 1. The number of nitro groups is 1. The molecule has 146 valence electrons. The number of sulfone groups is 1. The lowest BCUT2D eigenvalue weighted by molar-refractivity contribution is -0.384. The maximum absolute atomic E-state index is 12.7. The summed E-state index contributed by atoms with van der Waals surface area (Å²) in [4.78, 5) is 24.0. The van der Waals surface area contributed by atoms with Crippen LogP contribution in [-0.4, -0.2) is 24.1 Å². The van der Waals surface area contributed by atoms with Crippen LogP contribution in [0.1, 0.15) is 5.56 Å². The summed E-state index contributed by atoms with van der Waals surface area (Å²) < 4.78 is 48.5. The summed E-state index contributed by atoms with van der Waals surface area (Å²) in [6.45, 7) is 0.0201. The molecule has 0 bridgehead atoms. The minimum Gasteiger partial charge on any atom is -0.375 e. The lowest BCUT2D eigenvalue weighted by atomic mass is 10.1. The molecule has 1 aromatic heterocycles. The van der Waals surface area contributed by atoms with Gasteiger partial charge in [0.25, 0.3) is 5.69 Å². The molecule has 0 fully saturated rings. The highest BCUT2D eigenvalue weighted by Crippen LogP contribution is 2.30. The molecule has 28 heavy (non-hydrogen) atoms. The zero-order valence-electron chi connectivity index (χ0n) is 14.1. The summed E-state index contributed by atoms with van der Waals surface area (Å²) in [5, 5.41) is 14.8. The molecule has 0 radical (unpaired) electrons. The summed E-state index contributed by atoms with van der Waals surface area (Å²) in [5.74, 6) is -3.69. The number of hydrogen-bond donors (Lipinski definition) is 2. The molecular formula is C17H13F2N3O5S. The van der Waals surface area contributed by atoms with Gasteiger partial charge in [0.2, 0.25) is 15.4 Å². The Kier molecular flexibility index (Phi) is 5.10. The number of nitrogens with one attached hydrogen (secondary N) is 2. The molecule has 3 aromatic rings. The fourth-order valence-electron chi connectivity index (χ4n) is 2.71. The number of rotatable bonds is 6. The number of H-pyrrole nitrogens is 1. The van der Waals surface area contributed by atoms with E-state index in [-0.39, 0.29) is 17.8 Å². The largest absolute Gasteiger partial charge is 0.375 e. The van der Waals surface area contributed by atoms with Gasteiger partial charge in [0, 0.05) is 29.6 Å². The molecule has 0 saturated heterocycles. The van der Waals surface area contributed by atoms with E-state index in [2.05, 4.69) is 10.3 Å². The average molecular weight is 409 g/mol. The topological polar surface area (TPSA) is 122 Å². The van der Waals surface area contributed by atoms with Crippen LogP contribution in [0.5, 0.6) is 0 Å². The van der Waals surface area contributed by atoms with Crippen molar-refractivity contribution in [2.45, 2.75) is 17.2 Å². The van der Waals surface area contributed by atoms with Gasteiger partial charge in [-0.1, -0.05) is 18.2 Å². The van der Waals surface area contributed by atoms with Gasteiger partial charge < -0.3 is 10.3 Å². The van der Waals surface area contributed by atoms with Gasteiger partial charge in [0.15, 0.2) is 0 Å². The first kappa shape index (κ1) is 19.4. The van der Waals surface area contributed by atoms with Crippen LogP contribution in [0.3, 0.4) is 0 Å². The summed E-state index contributed by atoms with van der Waals surface area (Å²) in [5.41, 5.74) is 0.0411. The van der Waals surface area contributed by atoms with Crippen molar-refractivity contribution in [3.8, 4) is 0 Å². The molecule has 0 saturated carbocycles. The second kappa shape index (κ2) is 7.35. The number of aromatic amines is 1. The maximum atomic E-state index is 12.7. The molecule has 8 nitrogen and oxygen atoms in total. The number of para-hydroxylation sites is 1. The quantitative estimate of drug-likeness (QED) is 0.477. The molecule has 0 spiro atoms. The molecule has 2 N–H and O–H groups in total. The van der Waals surface area contributed by atoms with Crippen LogP contribution in [0.25, 0.3) is 10.9 Å². The first-order valence-electron chi connectivity index (χ1n) is 7.85. The van der Waals surface area contributed by atoms with E-state index in [9.17, 15) is 32.1 Å². The summed E-state index contributed by atoms with van der Waals surface area (Å²) in [6, 6.07) is 10.8. The van der Waals surface area contributed by atoms with Crippen LogP contribution >= 0.6 is 0 Å². The van der Waals surface area contributed by atoms with Crippen molar-refractivity contribution in [1.29, 1.82) is 0 Å². The van der Waals surface area contributed by atoms with Crippen molar-refractivity contribution in [3.63, 3.8) is 0 Å². The number of pyridine rings is 1. The Bertz CT molecular complexity index is 1220. The molecule has 0 atom stereocenters. The van der Waals surface area contributed by atoms with Gasteiger partial charge in [-0.15, -0.1) is 0 Å². The van der Waals surface area contributed by atoms with Crippen molar-refractivity contribution in [2.75, 3.05) is 5.32 Å². The van der Waals surface area contributed by atoms with Gasteiger partial charge in [0.1, 0.15) is 5.69 Å². The average Bonchev–Trinajstić information content (AvgIpc) is 2.65. The normalized spacial score (nSPS) is 11.7. The van der Waals surface area contributed by atoms with Crippen molar-refractivity contribution in [1.82, 2.24) is 4.98 Å². The third kappa shape index (κ3) is 3.69. The standard InChI is InChI=1S/C17H13F2N3O5S/c18-17(19)28(26,27)11-5-6-14(15(8-11)22(24)25)20-9-10-7-16(23)21-13-4-2-1-3-12(10)13/h1-8,17,20H,9H2,(H,21,23). The minimum atomic E-state index is -4.96. The van der Waals surface area contributed by atoms with Crippen LogP contribution < -0.4 is 10.9 Å². The monoisotopic (exact) mass is 409 g/mol. The lowest BCUT2D eigenvalue weighted by Crippen LogP contribution is -2.13. The highest BCUT2D eigenvalue weighted by Gasteiger charge is 2.29. The number of benzene rings is 2. The van der Waals surface area contributed by atoms with Crippen molar-refractivity contribution < 1.29 is 22.1 Å². The molecule has 11 heteroatoms. The number of anilines is 1. The van der Waals surface area contributed by atoms with Gasteiger partial charge in [-0.2, -0.15) is 8.78 Å². The van der Waals surface area contributed by atoms with E-state index in [4.69, 9.17) is 0 Å². The number of aromatic nitrogens is 1. The second-order valence-electron chi connectivity index (χ2n) is 5.80. The van der Waals surface area contributed by atoms with Crippen LogP contribution in [-0.2, 0) is 16.4 Å². The zero-order chi connectivity index (χ0) is 20.5. The SMILES string of the molecule is O=c1cc(CNc2ccc(S(=O)(=O)C(F)F)cc2[N+](=O)[O-])c2ccccc2[nH]1. The lowest BCUT2D eigenvalue weighted by Gasteiger charge is -2.11. The number of fused-ring (bicyclic) bond motifs is 1. The number of hydrogen-bond acceptors (Lipinski definition) is 6. The molecule has 0 aliphatic heterocycles. The smallest absolute Gasteiger partial charge is 0.341 e. The Labute approximate surface area is 156 Å². The predicted octanol–water partition coefficient (Wildman–Crippen LogP) is 3.04. The van der Waals surface area contributed by atoms with Crippen LogP contribution in [0, 0.1) is 10.1 Å². The van der Waals surface area contributed by atoms with E-state index in [1.165, 1.54) is 6.07 Å². The van der Waals surface area contributed by atoms with Crippen molar-refractivity contribution in [2.24, 2.45) is 0 Å². The molecule has 0 aliphatic carbocycles. The molecule has 3 rings (SSSR count). The first-order chi connectivity index (χ1) is 13.2. The molecule has 1 heterocycles. The van der Waals surface area contributed by atoms with E-state index in [0.717, 1.165) is 12.1 Å². The van der Waals surface area contributed by atoms with Crippen LogP contribution in [0.15, 0.2) is 58.2 Å². The third-order valence-electron chi connectivity index (χ3n) is 4.03. The van der Waals surface area contributed by atoms with E-state index < -0.39 is 31.1 Å². The van der Waals surface area contributed by atoms with Gasteiger partial charge in [-0.3, -0.25) is 14.9 Å². The van der Waals surface area contributed by atoms with Gasteiger partial charge in [-0.25, -0.2) is 8.42 Å². The Balaban J connectivity index is 1.98. The highest BCUT2D eigenvalue weighted by atomic mass is 32.2. The molecule has 2 aromatic carbocycles. The zero-order valence-corrected chi connectivity index (χ0v) is 14.9. The van der Waals surface area contributed by atoms with E-state index in [1.807, 2.05) is 0 Å².